The number of halogens is 2. The van der Waals surface area contributed by atoms with Gasteiger partial charge in [0.05, 0.1) is 17.2 Å². The Bertz CT molecular complexity index is 1080. The van der Waals surface area contributed by atoms with Gasteiger partial charge >= 0.3 is 12.1 Å². The Morgan fingerprint density at radius 3 is 2.21 bits per heavy atom. The molecule has 0 radical (unpaired) electrons. The molecule has 0 aliphatic carbocycles. The summed E-state index contributed by atoms with van der Waals surface area (Å²) in [6, 6.07) is 10.2. The zero-order chi connectivity index (χ0) is 23.6. The molecule has 2 aliphatic heterocycles. The molecule has 172 valence electrons. The van der Waals surface area contributed by atoms with E-state index in [1.54, 1.807) is 23.1 Å². The van der Waals surface area contributed by atoms with Crippen molar-refractivity contribution in [3.05, 3.63) is 70.3 Å². The number of ether oxygens (including phenoxy) is 1. The maximum absolute atomic E-state index is 14.2. The van der Waals surface area contributed by atoms with Crippen molar-refractivity contribution in [2.45, 2.75) is 38.0 Å². The largest absolute Gasteiger partial charge is 0.478 e. The van der Waals surface area contributed by atoms with Crippen LogP contribution < -0.4 is 0 Å². The summed E-state index contributed by atoms with van der Waals surface area (Å²) in [5.41, 5.74) is 0.299. The molecule has 4 rings (SSSR count). The molecule has 0 saturated carbocycles. The van der Waals surface area contributed by atoms with E-state index >= 15 is 0 Å². The normalized spacial score (nSPS) is 18.1. The maximum Gasteiger partial charge on any atom is 0.410 e. The van der Waals surface area contributed by atoms with Crippen LogP contribution in [0.25, 0.3) is 0 Å². The van der Waals surface area contributed by atoms with E-state index in [2.05, 4.69) is 0 Å². The molecule has 2 aliphatic rings. The van der Waals surface area contributed by atoms with E-state index in [4.69, 9.17) is 15.1 Å². The van der Waals surface area contributed by atoms with Gasteiger partial charge in [0.2, 0.25) is 0 Å². The van der Waals surface area contributed by atoms with Gasteiger partial charge in [-0.05, 0) is 29.8 Å². The fraction of sp³-hybridized carbons (Fsp3) is 0.375. The summed E-state index contributed by atoms with van der Waals surface area (Å²) in [6.45, 7) is 1.99. The second-order valence-corrected chi connectivity index (χ2v) is 8.53. The van der Waals surface area contributed by atoms with Gasteiger partial charge in [0.15, 0.2) is 0 Å². The monoisotopic (exact) mass is 455 g/mol. The quantitative estimate of drug-likeness (QED) is 0.735. The van der Waals surface area contributed by atoms with Crippen LogP contribution in [0.3, 0.4) is 0 Å². The number of carbonyl (C=O) groups excluding carboxylic acids is 1. The van der Waals surface area contributed by atoms with E-state index in [-0.39, 0.29) is 23.2 Å². The van der Waals surface area contributed by atoms with Gasteiger partial charge in [-0.15, -0.1) is 0 Å². The number of hydrogen-bond donors (Lipinski definition) is 1. The van der Waals surface area contributed by atoms with E-state index in [1.165, 1.54) is 12.1 Å². The Kier molecular flexibility index (Phi) is 6.29. The first-order valence-electron chi connectivity index (χ1n) is 10.7. The van der Waals surface area contributed by atoms with E-state index in [0.717, 1.165) is 17.7 Å². The molecule has 9 heteroatoms. The summed E-state index contributed by atoms with van der Waals surface area (Å²) in [4.78, 5) is 27.1. The summed E-state index contributed by atoms with van der Waals surface area (Å²) in [5.74, 6) is -2.47. The molecule has 2 heterocycles. The first kappa shape index (κ1) is 22.7. The summed E-state index contributed by atoms with van der Waals surface area (Å²) >= 11 is 0. The van der Waals surface area contributed by atoms with E-state index < -0.39 is 29.3 Å². The van der Waals surface area contributed by atoms with Crippen LogP contribution in [-0.2, 0) is 17.8 Å². The van der Waals surface area contributed by atoms with Crippen LogP contribution in [0.5, 0.6) is 0 Å². The number of nitriles is 1. The number of nitrogens with zero attached hydrogens (tertiary/aromatic N) is 3. The van der Waals surface area contributed by atoms with E-state index in [0.29, 0.717) is 45.4 Å². The third-order valence-electron chi connectivity index (χ3n) is 6.39. The fourth-order valence-corrected chi connectivity index (χ4v) is 4.36. The topological polar surface area (TPSA) is 93.9 Å². The molecule has 2 aromatic carbocycles. The molecule has 0 unspecified atom stereocenters. The maximum atomic E-state index is 14.2. The zero-order valence-electron chi connectivity index (χ0n) is 17.9. The van der Waals surface area contributed by atoms with Crippen LogP contribution in [0.15, 0.2) is 36.4 Å². The molecule has 1 N–H and O–H groups in total. The van der Waals surface area contributed by atoms with Crippen LogP contribution in [0.4, 0.5) is 13.6 Å². The molecule has 0 bridgehead atoms. The minimum atomic E-state index is -1.00. The number of aromatic carboxylic acids is 1. The minimum Gasteiger partial charge on any atom is -0.478 e. The Morgan fingerprint density at radius 2 is 1.67 bits per heavy atom. The number of piperidine rings is 1. The van der Waals surface area contributed by atoms with E-state index in [9.17, 15) is 18.4 Å². The lowest BCUT2D eigenvalue weighted by molar-refractivity contribution is -0.0833. The van der Waals surface area contributed by atoms with Gasteiger partial charge in [-0.25, -0.2) is 18.4 Å². The molecule has 1 spiro atoms. The lowest BCUT2D eigenvalue weighted by atomic mass is 9.86. The fourth-order valence-electron chi connectivity index (χ4n) is 4.36. The smallest absolute Gasteiger partial charge is 0.410 e. The Balaban J connectivity index is 1.32. The Labute approximate surface area is 189 Å². The van der Waals surface area contributed by atoms with Crippen molar-refractivity contribution in [2.24, 2.45) is 0 Å². The van der Waals surface area contributed by atoms with Crippen LogP contribution in [0.1, 0.15) is 46.3 Å². The number of amides is 1. The highest BCUT2D eigenvalue weighted by Crippen LogP contribution is 2.35. The summed E-state index contributed by atoms with van der Waals surface area (Å²) in [6.07, 6.45) is 1.37. The van der Waals surface area contributed by atoms with Gasteiger partial charge in [-0.1, -0.05) is 12.1 Å². The standard InChI is InChI=1S/C24H23F2N3O4/c25-20-11-17(13-27)12-21(26)19(20)15-28-8-5-24(6-9-28)7-10-29(23(32)33-24)14-16-1-3-18(4-2-16)22(30)31/h1-4,11-12H,5-10,14-15H2,(H,30,31). The Hall–Kier alpha value is -3.51. The van der Waals surface area contributed by atoms with Crippen molar-refractivity contribution < 1.29 is 28.2 Å². The van der Waals surface area contributed by atoms with Crippen molar-refractivity contribution in [2.75, 3.05) is 19.6 Å². The second kappa shape index (κ2) is 9.16. The number of benzene rings is 2. The van der Waals surface area contributed by atoms with Crippen molar-refractivity contribution in [1.82, 2.24) is 9.80 Å². The van der Waals surface area contributed by atoms with Crippen LogP contribution in [0, 0.1) is 23.0 Å². The van der Waals surface area contributed by atoms with Gasteiger partial charge < -0.3 is 14.7 Å². The minimum absolute atomic E-state index is 0.0529. The van der Waals surface area contributed by atoms with Crippen LogP contribution in [-0.4, -0.2) is 52.2 Å². The number of carbonyl (C=O) groups is 2. The molecule has 2 fully saturated rings. The van der Waals surface area contributed by atoms with Gasteiger partial charge in [-0.3, -0.25) is 4.90 Å². The molecule has 1 amide bonds. The summed E-state index contributed by atoms with van der Waals surface area (Å²) < 4.78 is 34.2. The van der Waals surface area contributed by atoms with Gasteiger partial charge in [0, 0.05) is 57.5 Å². The van der Waals surface area contributed by atoms with Gasteiger partial charge in [0.25, 0.3) is 0 Å². The predicted octanol–water partition coefficient (Wildman–Crippen LogP) is 3.91. The highest BCUT2D eigenvalue weighted by atomic mass is 19.1. The number of likely N-dealkylation sites (tertiary alicyclic amines) is 1. The molecule has 2 saturated heterocycles. The van der Waals surface area contributed by atoms with Crippen molar-refractivity contribution in [1.29, 1.82) is 5.26 Å². The summed E-state index contributed by atoms with van der Waals surface area (Å²) in [7, 11) is 0. The first-order valence-corrected chi connectivity index (χ1v) is 10.7. The van der Waals surface area contributed by atoms with E-state index in [1.807, 2.05) is 4.90 Å². The lowest BCUT2D eigenvalue weighted by Gasteiger charge is -2.46. The third kappa shape index (κ3) is 4.96. The van der Waals surface area contributed by atoms with Gasteiger partial charge in [0.1, 0.15) is 17.2 Å². The lowest BCUT2D eigenvalue weighted by Crippen LogP contribution is -2.54. The van der Waals surface area contributed by atoms with Crippen molar-refractivity contribution >= 4 is 12.1 Å². The van der Waals surface area contributed by atoms with Crippen molar-refractivity contribution in [3.63, 3.8) is 0 Å². The highest BCUT2D eigenvalue weighted by Gasteiger charge is 2.43. The average molecular weight is 455 g/mol. The van der Waals surface area contributed by atoms with Gasteiger partial charge in [-0.2, -0.15) is 5.26 Å². The second-order valence-electron chi connectivity index (χ2n) is 8.53. The zero-order valence-corrected chi connectivity index (χ0v) is 17.9. The molecule has 33 heavy (non-hydrogen) atoms. The number of carboxylic acid groups (broad SMARTS) is 1. The molecular formula is C24H23F2N3O4. The van der Waals surface area contributed by atoms with Crippen LogP contribution >= 0.6 is 0 Å². The number of hydrogen-bond acceptors (Lipinski definition) is 5. The van der Waals surface area contributed by atoms with Crippen molar-refractivity contribution in [3.8, 4) is 6.07 Å². The average Bonchev–Trinajstić information content (AvgIpc) is 2.80. The first-order chi connectivity index (χ1) is 15.8. The molecule has 0 atom stereocenters. The number of carboxylic acids is 1. The Morgan fingerprint density at radius 1 is 1.06 bits per heavy atom. The SMILES string of the molecule is N#Cc1cc(F)c(CN2CCC3(CC2)CCN(Cc2ccc(C(=O)O)cc2)C(=O)O3)c(F)c1. The number of rotatable bonds is 5. The molecule has 7 nitrogen and oxygen atoms in total. The summed E-state index contributed by atoms with van der Waals surface area (Å²) in [5, 5.41) is 17.8. The highest BCUT2D eigenvalue weighted by molar-refractivity contribution is 5.87. The predicted molar refractivity (Wildman–Crippen MR) is 113 cm³/mol. The molecular weight excluding hydrogens is 432 g/mol. The molecule has 2 aromatic rings. The third-order valence-corrected chi connectivity index (χ3v) is 6.39. The molecule has 0 aromatic heterocycles. The van der Waals surface area contributed by atoms with Crippen LogP contribution in [0.2, 0.25) is 0 Å².